The van der Waals surface area contributed by atoms with Gasteiger partial charge in [0.2, 0.25) is 0 Å². The van der Waals surface area contributed by atoms with Gasteiger partial charge in [0.05, 0.1) is 27.9 Å². The number of primary amides is 1. The monoisotopic (exact) mass is 558 g/mol. The van der Waals surface area contributed by atoms with Crippen molar-refractivity contribution in [2.24, 2.45) is 11.7 Å². The first-order valence-corrected chi connectivity index (χ1v) is 13.3. The van der Waals surface area contributed by atoms with Crippen LogP contribution in [0, 0.1) is 24.5 Å². The van der Waals surface area contributed by atoms with Gasteiger partial charge in [-0.3, -0.25) is 14.0 Å². The molecule has 3 heterocycles. The fourth-order valence-electron chi connectivity index (χ4n) is 6.18. The van der Waals surface area contributed by atoms with E-state index in [0.717, 1.165) is 38.4 Å². The summed E-state index contributed by atoms with van der Waals surface area (Å²) >= 11 is 0. The number of nitrogens with zero attached hydrogens (tertiary/aromatic N) is 2. The molecule has 41 heavy (non-hydrogen) atoms. The number of aromatic amines is 1. The molecule has 0 radical (unpaired) electrons. The third-order valence-corrected chi connectivity index (χ3v) is 8.35. The average molecular weight is 559 g/mol. The molecule has 8 nitrogen and oxygen atoms in total. The highest BCUT2D eigenvalue weighted by Gasteiger charge is 2.34. The number of rotatable bonds is 4. The number of nitrogens with two attached hydrogens (primary N) is 1. The Balaban J connectivity index is 1.63. The lowest BCUT2D eigenvalue weighted by atomic mass is 9.77. The van der Waals surface area contributed by atoms with Crippen LogP contribution in [0.3, 0.4) is 0 Å². The molecule has 0 bridgehead atoms. The predicted molar refractivity (Wildman–Crippen MR) is 152 cm³/mol. The van der Waals surface area contributed by atoms with Crippen molar-refractivity contribution in [1.82, 2.24) is 14.0 Å². The molecule has 210 valence electrons. The number of benzene rings is 2. The first-order valence-electron chi connectivity index (χ1n) is 13.3. The molecule has 10 heteroatoms. The van der Waals surface area contributed by atoms with Crippen molar-refractivity contribution in [2.45, 2.75) is 45.6 Å². The molecule has 1 unspecified atom stereocenters. The number of aromatic nitrogens is 3. The Kier molecular flexibility index (Phi) is 6.00. The number of aryl methyl sites for hydroxylation is 1. The Morgan fingerprint density at radius 1 is 1.12 bits per heavy atom. The van der Waals surface area contributed by atoms with Crippen LogP contribution in [-0.2, 0) is 12.8 Å². The van der Waals surface area contributed by atoms with E-state index in [1.54, 1.807) is 39.0 Å². The minimum absolute atomic E-state index is 0.00952. The van der Waals surface area contributed by atoms with Crippen molar-refractivity contribution < 1.29 is 18.7 Å². The summed E-state index contributed by atoms with van der Waals surface area (Å²) in [6.45, 7) is 5.19. The summed E-state index contributed by atoms with van der Waals surface area (Å²) < 4.78 is 32.3. The van der Waals surface area contributed by atoms with Crippen LogP contribution in [0.15, 0.2) is 58.3 Å². The number of carbonyl (C=O) groups is 1. The van der Waals surface area contributed by atoms with Crippen molar-refractivity contribution in [2.75, 3.05) is 0 Å². The number of H-pyrrole nitrogens is 1. The maximum absolute atomic E-state index is 16.0. The third-order valence-electron chi connectivity index (χ3n) is 8.35. The van der Waals surface area contributed by atoms with Crippen LogP contribution in [-0.4, -0.2) is 30.6 Å². The summed E-state index contributed by atoms with van der Waals surface area (Å²) in [6, 6.07) is 9.54. The number of hydrogen-bond donors (Lipinski definition) is 3. The smallest absolute Gasteiger partial charge is 0.340 e. The van der Waals surface area contributed by atoms with Crippen molar-refractivity contribution in [3.8, 4) is 16.8 Å². The van der Waals surface area contributed by atoms with E-state index in [1.165, 1.54) is 12.3 Å². The van der Waals surface area contributed by atoms with Crippen molar-refractivity contribution in [3.63, 3.8) is 0 Å². The minimum atomic E-state index is -0.926. The Bertz CT molecular complexity index is 2030. The Morgan fingerprint density at radius 3 is 2.59 bits per heavy atom. The lowest BCUT2D eigenvalue weighted by molar-refractivity contribution is 0.0107. The van der Waals surface area contributed by atoms with Gasteiger partial charge in [-0.1, -0.05) is 12.1 Å². The van der Waals surface area contributed by atoms with Crippen molar-refractivity contribution in [1.29, 1.82) is 0 Å². The van der Waals surface area contributed by atoms with E-state index in [1.807, 2.05) is 0 Å². The van der Waals surface area contributed by atoms with E-state index >= 15 is 4.39 Å². The number of carbonyl (C=O) groups excluding carboxylic acids is 1. The molecule has 4 N–H and O–H groups in total. The quantitative estimate of drug-likeness (QED) is 0.307. The fraction of sp³-hybridized carbons (Fsp3) is 0.258. The lowest BCUT2D eigenvalue weighted by Crippen LogP contribution is -2.36. The molecule has 0 saturated heterocycles. The second kappa shape index (κ2) is 9.24. The Labute approximate surface area is 232 Å². The molecule has 0 fully saturated rings. The second-order valence-electron chi connectivity index (χ2n) is 11.2. The van der Waals surface area contributed by atoms with Crippen LogP contribution < -0.4 is 17.0 Å². The second-order valence-corrected chi connectivity index (χ2v) is 11.2. The predicted octanol–water partition coefficient (Wildman–Crippen LogP) is 4.16. The molecule has 1 amide bonds. The average Bonchev–Trinajstić information content (AvgIpc) is 3.28. The summed E-state index contributed by atoms with van der Waals surface area (Å²) in [7, 11) is 0. The largest absolute Gasteiger partial charge is 0.390 e. The van der Waals surface area contributed by atoms with Crippen molar-refractivity contribution >= 4 is 22.3 Å². The van der Waals surface area contributed by atoms with Crippen LogP contribution >= 0.6 is 0 Å². The van der Waals surface area contributed by atoms with E-state index < -0.39 is 34.4 Å². The number of amides is 1. The van der Waals surface area contributed by atoms with E-state index in [-0.39, 0.29) is 28.2 Å². The summed E-state index contributed by atoms with van der Waals surface area (Å²) in [6.07, 6.45) is 3.07. The normalized spacial score (nSPS) is 15.4. The van der Waals surface area contributed by atoms with Crippen LogP contribution in [0.2, 0.25) is 0 Å². The molecule has 0 spiro atoms. The third kappa shape index (κ3) is 4.09. The molecule has 1 aliphatic carbocycles. The molecule has 0 saturated carbocycles. The topological polar surface area (TPSA) is 123 Å². The summed E-state index contributed by atoms with van der Waals surface area (Å²) in [5, 5.41) is 11.1. The highest BCUT2D eigenvalue weighted by atomic mass is 19.1. The van der Waals surface area contributed by atoms with Gasteiger partial charge in [-0.25, -0.2) is 18.1 Å². The summed E-state index contributed by atoms with van der Waals surface area (Å²) in [5.74, 6) is -2.22. The van der Waals surface area contributed by atoms with Gasteiger partial charge in [0, 0.05) is 28.9 Å². The van der Waals surface area contributed by atoms with Gasteiger partial charge in [-0.05, 0) is 86.9 Å². The van der Waals surface area contributed by atoms with Gasteiger partial charge in [0.1, 0.15) is 11.6 Å². The standard InChI is InChI=1S/C31H28F2N4O4/c1-15-17(6-4-8-23(15)37-25(38)14-24-20(32)7-5-11-36(24)30(37)40)26-21(33)13-19(29(34)39)28-27(26)18-10-9-16(31(2,3)41)12-22(18)35-28/h4-8,11,13-14,16,35,41H,9-10,12H2,1-3H3,(H2,34,39). The maximum atomic E-state index is 16.0. The van der Waals surface area contributed by atoms with Crippen molar-refractivity contribution in [3.05, 3.63) is 104 Å². The van der Waals surface area contributed by atoms with E-state index in [9.17, 15) is 23.9 Å². The first-order chi connectivity index (χ1) is 19.4. The van der Waals surface area contributed by atoms with Gasteiger partial charge in [-0.15, -0.1) is 0 Å². The highest BCUT2D eigenvalue weighted by molar-refractivity contribution is 6.11. The molecule has 1 atom stereocenters. The molecule has 0 aliphatic heterocycles. The van der Waals surface area contributed by atoms with Crippen LogP contribution in [0.1, 0.15) is 47.4 Å². The molecule has 1 aliphatic rings. The zero-order valence-electron chi connectivity index (χ0n) is 22.7. The van der Waals surface area contributed by atoms with E-state index in [4.69, 9.17) is 5.73 Å². The molecule has 6 rings (SSSR count). The van der Waals surface area contributed by atoms with Crippen LogP contribution in [0.5, 0.6) is 0 Å². The molecular formula is C31H28F2N4O4. The minimum Gasteiger partial charge on any atom is -0.390 e. The van der Waals surface area contributed by atoms with E-state index in [2.05, 4.69) is 4.98 Å². The fourth-order valence-corrected chi connectivity index (χ4v) is 6.18. The SMILES string of the molecule is Cc1c(-c2c(F)cc(C(N)=O)c3[nH]c4c(c23)CCC(C(C)(C)O)C4)cccc1-n1c(=O)cc2c(F)cccn2c1=O. The molecule has 5 aromatic rings. The number of halogens is 2. The number of aliphatic hydroxyl groups is 1. The first kappa shape index (κ1) is 26.6. The molecular weight excluding hydrogens is 530 g/mol. The Morgan fingerprint density at radius 2 is 1.88 bits per heavy atom. The lowest BCUT2D eigenvalue weighted by Gasteiger charge is -2.32. The number of pyridine rings is 1. The number of fused-ring (bicyclic) bond motifs is 4. The van der Waals surface area contributed by atoms with Crippen LogP contribution in [0.4, 0.5) is 8.78 Å². The zero-order valence-corrected chi connectivity index (χ0v) is 22.7. The van der Waals surface area contributed by atoms with Gasteiger partial charge in [-0.2, -0.15) is 0 Å². The van der Waals surface area contributed by atoms with Gasteiger partial charge in [0.25, 0.3) is 11.5 Å². The molecule has 3 aromatic heterocycles. The maximum Gasteiger partial charge on any atom is 0.340 e. The van der Waals surface area contributed by atoms with Gasteiger partial charge < -0.3 is 15.8 Å². The van der Waals surface area contributed by atoms with Gasteiger partial charge >= 0.3 is 5.69 Å². The van der Waals surface area contributed by atoms with Crippen LogP contribution in [0.25, 0.3) is 33.2 Å². The Hall–Kier alpha value is -4.57. The highest BCUT2D eigenvalue weighted by Crippen LogP contribution is 2.43. The van der Waals surface area contributed by atoms with Gasteiger partial charge in [0.15, 0.2) is 0 Å². The number of nitrogens with one attached hydrogen (secondary N) is 1. The van der Waals surface area contributed by atoms with E-state index in [0.29, 0.717) is 41.3 Å². The summed E-state index contributed by atoms with van der Waals surface area (Å²) in [4.78, 5) is 42.1. The summed E-state index contributed by atoms with van der Waals surface area (Å²) in [5.41, 5.74) is 6.41. The zero-order chi connectivity index (χ0) is 29.4. The number of hydrogen-bond acceptors (Lipinski definition) is 4. The molecule has 2 aromatic carbocycles.